The highest BCUT2D eigenvalue weighted by atomic mass is 35.5. The summed E-state index contributed by atoms with van der Waals surface area (Å²) in [6.45, 7) is 7.95. The number of hydrogen-bond donors (Lipinski definition) is 2. The van der Waals surface area contributed by atoms with E-state index >= 15 is 0 Å². The summed E-state index contributed by atoms with van der Waals surface area (Å²) in [6.07, 6.45) is 1.71. The zero-order chi connectivity index (χ0) is 24.7. The third-order valence-corrected chi connectivity index (χ3v) is 6.31. The lowest BCUT2D eigenvalue weighted by molar-refractivity contribution is -0.113. The van der Waals surface area contributed by atoms with Gasteiger partial charge in [-0.3, -0.25) is 9.59 Å². The number of hydrogen-bond acceptors (Lipinski definition) is 6. The Morgan fingerprint density at radius 3 is 2.62 bits per heavy atom. The van der Waals surface area contributed by atoms with Gasteiger partial charge in [-0.25, -0.2) is 0 Å². The number of nitrogens with one attached hydrogen (secondary N) is 2. The van der Waals surface area contributed by atoms with Crippen molar-refractivity contribution in [2.75, 3.05) is 18.2 Å². The molecule has 0 aliphatic rings. The van der Waals surface area contributed by atoms with Crippen molar-refractivity contribution in [3.05, 3.63) is 77.1 Å². The molecule has 8 nitrogen and oxygen atoms in total. The third-order valence-electron chi connectivity index (χ3n) is 4.93. The van der Waals surface area contributed by atoms with E-state index in [1.54, 1.807) is 49.6 Å². The van der Waals surface area contributed by atoms with Gasteiger partial charge < -0.3 is 19.9 Å². The Bertz CT molecular complexity index is 1180. The molecule has 1 atom stereocenters. The van der Waals surface area contributed by atoms with Crippen molar-refractivity contribution in [2.45, 2.75) is 31.6 Å². The van der Waals surface area contributed by atoms with Crippen LogP contribution in [0.2, 0.25) is 5.02 Å². The van der Waals surface area contributed by atoms with Crippen LogP contribution in [0.1, 0.15) is 34.7 Å². The zero-order valence-corrected chi connectivity index (χ0v) is 20.7. The Labute approximate surface area is 207 Å². The Morgan fingerprint density at radius 1 is 1.24 bits per heavy atom. The molecule has 0 saturated heterocycles. The van der Waals surface area contributed by atoms with Crippen molar-refractivity contribution in [3.8, 4) is 5.75 Å². The van der Waals surface area contributed by atoms with Crippen molar-refractivity contribution in [3.63, 3.8) is 0 Å². The first kappa shape index (κ1) is 25.3. The van der Waals surface area contributed by atoms with Gasteiger partial charge in [0.2, 0.25) is 5.91 Å². The molecule has 178 valence electrons. The largest absolute Gasteiger partial charge is 0.497 e. The standard InChI is InChI=1S/C24H26ClN5O3S/c1-5-12-30-22(16(3)26-23(32)17-7-10-19(33-4)11-8-17)28-29-24(30)34-14-21(31)27-18-9-6-15(2)20(25)13-18/h5-11,13,16H,1,12,14H2,2-4H3,(H,26,32)(H,27,31). The number of rotatable bonds is 10. The first-order chi connectivity index (χ1) is 16.3. The van der Waals surface area contributed by atoms with Crippen LogP contribution in [0, 0.1) is 6.92 Å². The van der Waals surface area contributed by atoms with E-state index in [-0.39, 0.29) is 17.6 Å². The van der Waals surface area contributed by atoms with Gasteiger partial charge in [0, 0.05) is 22.8 Å². The second-order valence-corrected chi connectivity index (χ2v) is 8.81. The van der Waals surface area contributed by atoms with Gasteiger partial charge in [-0.2, -0.15) is 0 Å². The fourth-order valence-electron chi connectivity index (χ4n) is 3.11. The van der Waals surface area contributed by atoms with Crippen LogP contribution in [0.15, 0.2) is 60.3 Å². The van der Waals surface area contributed by atoms with Gasteiger partial charge >= 0.3 is 0 Å². The Morgan fingerprint density at radius 2 is 1.97 bits per heavy atom. The van der Waals surface area contributed by atoms with Crippen molar-refractivity contribution in [1.82, 2.24) is 20.1 Å². The van der Waals surface area contributed by atoms with Crippen LogP contribution in [0.3, 0.4) is 0 Å². The summed E-state index contributed by atoms with van der Waals surface area (Å²) < 4.78 is 6.95. The van der Waals surface area contributed by atoms with Gasteiger partial charge in [0.25, 0.3) is 5.91 Å². The Hall–Kier alpha value is -3.30. The molecule has 0 spiro atoms. The quantitative estimate of drug-likeness (QED) is 0.311. The summed E-state index contributed by atoms with van der Waals surface area (Å²) in [7, 11) is 1.57. The van der Waals surface area contributed by atoms with E-state index in [4.69, 9.17) is 16.3 Å². The maximum atomic E-state index is 12.6. The minimum atomic E-state index is -0.417. The van der Waals surface area contributed by atoms with E-state index in [1.807, 2.05) is 24.5 Å². The molecule has 0 fully saturated rings. The number of aromatic nitrogens is 3. The second-order valence-electron chi connectivity index (χ2n) is 7.46. The van der Waals surface area contributed by atoms with Gasteiger partial charge in [-0.1, -0.05) is 35.5 Å². The molecule has 34 heavy (non-hydrogen) atoms. The van der Waals surface area contributed by atoms with Crippen molar-refractivity contribution in [2.24, 2.45) is 0 Å². The number of carbonyl (C=O) groups excluding carboxylic acids is 2. The summed E-state index contributed by atoms with van der Waals surface area (Å²) in [4.78, 5) is 25.1. The third kappa shape index (κ3) is 6.39. The molecule has 2 N–H and O–H groups in total. The summed E-state index contributed by atoms with van der Waals surface area (Å²) in [5.41, 5.74) is 2.07. The first-order valence-electron chi connectivity index (χ1n) is 10.5. The van der Waals surface area contributed by atoms with E-state index in [2.05, 4.69) is 27.4 Å². The number of methoxy groups -OCH3 is 1. The zero-order valence-electron chi connectivity index (χ0n) is 19.2. The van der Waals surface area contributed by atoms with Crippen LogP contribution >= 0.6 is 23.4 Å². The molecule has 1 aromatic heterocycles. The minimum absolute atomic E-state index is 0.132. The van der Waals surface area contributed by atoms with Crippen molar-refractivity contribution in [1.29, 1.82) is 0 Å². The topological polar surface area (TPSA) is 98.1 Å². The van der Waals surface area contributed by atoms with Crippen molar-refractivity contribution < 1.29 is 14.3 Å². The van der Waals surface area contributed by atoms with Gasteiger partial charge in [-0.05, 0) is 55.8 Å². The average Bonchev–Trinajstić information content (AvgIpc) is 3.23. The molecule has 1 unspecified atom stereocenters. The number of halogens is 1. The molecule has 0 bridgehead atoms. The van der Waals surface area contributed by atoms with E-state index in [1.165, 1.54) is 11.8 Å². The molecule has 2 aromatic carbocycles. The highest BCUT2D eigenvalue weighted by molar-refractivity contribution is 7.99. The highest BCUT2D eigenvalue weighted by Crippen LogP contribution is 2.23. The Kier molecular flexibility index (Phi) is 8.72. The van der Waals surface area contributed by atoms with E-state index < -0.39 is 6.04 Å². The molecule has 0 aliphatic carbocycles. The van der Waals surface area contributed by atoms with Gasteiger partial charge in [-0.15, -0.1) is 16.8 Å². The smallest absolute Gasteiger partial charge is 0.251 e. The SMILES string of the molecule is C=CCn1c(SCC(=O)Nc2ccc(C)c(Cl)c2)nnc1C(C)NC(=O)c1ccc(OC)cc1. The van der Waals surface area contributed by atoms with Gasteiger partial charge in [0.1, 0.15) is 5.75 Å². The summed E-state index contributed by atoms with van der Waals surface area (Å²) in [6, 6.07) is 11.8. The lowest BCUT2D eigenvalue weighted by Crippen LogP contribution is -2.28. The molecule has 0 aliphatic heterocycles. The molecule has 3 rings (SSSR count). The highest BCUT2D eigenvalue weighted by Gasteiger charge is 2.20. The number of benzene rings is 2. The minimum Gasteiger partial charge on any atom is -0.497 e. The van der Waals surface area contributed by atoms with Crippen LogP contribution in [-0.4, -0.2) is 39.4 Å². The maximum absolute atomic E-state index is 12.6. The number of thioether (sulfide) groups is 1. The van der Waals surface area contributed by atoms with Crippen LogP contribution in [0.5, 0.6) is 5.75 Å². The number of ether oxygens (including phenoxy) is 1. The summed E-state index contributed by atoms with van der Waals surface area (Å²) in [5.74, 6) is 0.934. The monoisotopic (exact) mass is 499 g/mol. The average molecular weight is 500 g/mol. The van der Waals surface area contributed by atoms with Crippen LogP contribution in [-0.2, 0) is 11.3 Å². The van der Waals surface area contributed by atoms with Gasteiger partial charge in [0.05, 0.1) is 18.9 Å². The second kappa shape index (κ2) is 11.7. The Balaban J connectivity index is 1.65. The fraction of sp³-hybridized carbons (Fsp3) is 0.250. The molecular formula is C24H26ClN5O3S. The fourth-order valence-corrected chi connectivity index (χ4v) is 4.05. The number of amides is 2. The summed E-state index contributed by atoms with van der Waals surface area (Å²) in [5, 5.41) is 15.4. The predicted octanol–water partition coefficient (Wildman–Crippen LogP) is 4.66. The number of nitrogens with zero attached hydrogens (tertiary/aromatic N) is 3. The van der Waals surface area contributed by atoms with Crippen LogP contribution < -0.4 is 15.4 Å². The predicted molar refractivity (Wildman–Crippen MR) is 135 cm³/mol. The van der Waals surface area contributed by atoms with E-state index in [0.717, 1.165) is 5.56 Å². The molecule has 3 aromatic rings. The lowest BCUT2D eigenvalue weighted by Gasteiger charge is -2.15. The van der Waals surface area contributed by atoms with Crippen LogP contribution in [0.4, 0.5) is 5.69 Å². The number of allylic oxidation sites excluding steroid dienone is 1. The van der Waals surface area contributed by atoms with Crippen molar-refractivity contribution >= 4 is 40.9 Å². The number of carbonyl (C=O) groups is 2. The molecule has 1 heterocycles. The molecule has 0 saturated carbocycles. The number of aryl methyl sites for hydroxylation is 1. The molecular weight excluding hydrogens is 474 g/mol. The van der Waals surface area contributed by atoms with E-state index in [0.29, 0.717) is 39.5 Å². The molecule has 10 heteroatoms. The normalized spacial score (nSPS) is 11.5. The molecule has 0 radical (unpaired) electrons. The molecule has 2 amide bonds. The summed E-state index contributed by atoms with van der Waals surface area (Å²) >= 11 is 7.37. The lowest BCUT2D eigenvalue weighted by atomic mass is 10.2. The number of anilines is 1. The van der Waals surface area contributed by atoms with Crippen LogP contribution in [0.25, 0.3) is 0 Å². The first-order valence-corrected chi connectivity index (χ1v) is 11.9. The van der Waals surface area contributed by atoms with E-state index in [9.17, 15) is 9.59 Å². The van der Waals surface area contributed by atoms with Gasteiger partial charge in [0.15, 0.2) is 11.0 Å². The maximum Gasteiger partial charge on any atom is 0.251 e.